The standard InChI is InChI=1S/C15H29N3/c1-3-16-12-9-13-6-7-14(10-12)18(13)15-5-4-8-17(2)11-15/h12-16H,3-11H2,1-2H3. The van der Waals surface area contributed by atoms with E-state index in [9.17, 15) is 0 Å². The highest BCUT2D eigenvalue weighted by Gasteiger charge is 2.43. The summed E-state index contributed by atoms with van der Waals surface area (Å²) >= 11 is 0. The molecule has 0 saturated carbocycles. The quantitative estimate of drug-likeness (QED) is 0.823. The van der Waals surface area contributed by atoms with Crippen molar-refractivity contribution >= 4 is 0 Å². The Hall–Kier alpha value is -0.120. The van der Waals surface area contributed by atoms with Crippen LogP contribution in [-0.4, -0.2) is 60.6 Å². The smallest absolute Gasteiger partial charge is 0.0229 e. The van der Waals surface area contributed by atoms with Crippen molar-refractivity contribution in [2.45, 2.75) is 69.6 Å². The fraction of sp³-hybridized carbons (Fsp3) is 1.00. The van der Waals surface area contributed by atoms with E-state index in [2.05, 4.69) is 29.1 Å². The van der Waals surface area contributed by atoms with Gasteiger partial charge in [0.05, 0.1) is 0 Å². The summed E-state index contributed by atoms with van der Waals surface area (Å²) in [5.41, 5.74) is 0. The fourth-order valence-corrected chi connectivity index (χ4v) is 4.65. The van der Waals surface area contributed by atoms with E-state index in [0.29, 0.717) is 0 Å². The SMILES string of the molecule is CCNC1CC2CCC(C1)N2C1CCCN(C)C1. The zero-order valence-electron chi connectivity index (χ0n) is 12.1. The third-order valence-corrected chi connectivity index (χ3v) is 5.30. The van der Waals surface area contributed by atoms with E-state index in [1.54, 1.807) is 0 Å². The van der Waals surface area contributed by atoms with Gasteiger partial charge in [-0.25, -0.2) is 0 Å². The number of nitrogens with one attached hydrogen (secondary N) is 1. The predicted molar refractivity (Wildman–Crippen MR) is 75.9 cm³/mol. The largest absolute Gasteiger partial charge is 0.314 e. The molecule has 3 saturated heterocycles. The molecule has 3 fully saturated rings. The Kier molecular flexibility index (Phi) is 3.92. The van der Waals surface area contributed by atoms with Gasteiger partial charge in [0.1, 0.15) is 0 Å². The molecule has 3 heteroatoms. The normalized spacial score (nSPS) is 42.3. The van der Waals surface area contributed by atoms with Crippen LogP contribution in [0.2, 0.25) is 0 Å². The first-order valence-corrected chi connectivity index (χ1v) is 7.97. The average molecular weight is 251 g/mol. The Bertz CT molecular complexity index is 267. The van der Waals surface area contributed by atoms with Crippen molar-refractivity contribution in [2.75, 3.05) is 26.7 Å². The zero-order valence-corrected chi connectivity index (χ0v) is 12.1. The topological polar surface area (TPSA) is 18.5 Å². The summed E-state index contributed by atoms with van der Waals surface area (Å²) in [6.45, 7) is 5.99. The number of piperidine rings is 2. The maximum Gasteiger partial charge on any atom is 0.0229 e. The first-order valence-electron chi connectivity index (χ1n) is 7.97. The van der Waals surface area contributed by atoms with Crippen LogP contribution in [0.3, 0.4) is 0 Å². The van der Waals surface area contributed by atoms with Gasteiger partial charge in [0, 0.05) is 30.7 Å². The molecule has 104 valence electrons. The molecule has 0 aromatic heterocycles. The predicted octanol–water partition coefficient (Wildman–Crippen LogP) is 1.69. The van der Waals surface area contributed by atoms with Crippen LogP contribution < -0.4 is 5.32 Å². The van der Waals surface area contributed by atoms with Crippen molar-refractivity contribution in [2.24, 2.45) is 0 Å². The number of hydrogen-bond acceptors (Lipinski definition) is 3. The van der Waals surface area contributed by atoms with Crippen molar-refractivity contribution < 1.29 is 0 Å². The first-order chi connectivity index (χ1) is 8.78. The lowest BCUT2D eigenvalue weighted by molar-refractivity contribution is 0.0335. The second kappa shape index (κ2) is 5.48. The summed E-state index contributed by atoms with van der Waals surface area (Å²) in [5, 5.41) is 3.68. The molecule has 0 radical (unpaired) electrons. The second-order valence-electron chi connectivity index (χ2n) is 6.62. The molecule has 0 amide bonds. The van der Waals surface area contributed by atoms with Gasteiger partial charge in [-0.2, -0.15) is 0 Å². The molecule has 0 aromatic rings. The van der Waals surface area contributed by atoms with Crippen LogP contribution in [0.5, 0.6) is 0 Å². The number of likely N-dealkylation sites (N-methyl/N-ethyl adjacent to an activating group) is 1. The summed E-state index contributed by atoms with van der Waals surface area (Å²) in [6.07, 6.45) is 8.52. The Labute approximate surface area is 112 Å². The third kappa shape index (κ3) is 2.45. The maximum atomic E-state index is 3.68. The van der Waals surface area contributed by atoms with Crippen LogP contribution >= 0.6 is 0 Å². The molecule has 18 heavy (non-hydrogen) atoms. The minimum atomic E-state index is 0.796. The van der Waals surface area contributed by atoms with Gasteiger partial charge >= 0.3 is 0 Å². The number of hydrogen-bond donors (Lipinski definition) is 1. The molecule has 3 rings (SSSR count). The Morgan fingerprint density at radius 1 is 1.06 bits per heavy atom. The van der Waals surface area contributed by atoms with Gasteiger partial charge in [0.2, 0.25) is 0 Å². The number of likely N-dealkylation sites (tertiary alicyclic amines) is 1. The number of nitrogens with zero attached hydrogens (tertiary/aromatic N) is 2. The lowest BCUT2D eigenvalue weighted by atomic mass is 9.93. The molecule has 0 aromatic carbocycles. The van der Waals surface area contributed by atoms with Gasteiger partial charge < -0.3 is 10.2 Å². The van der Waals surface area contributed by atoms with Crippen LogP contribution in [0.1, 0.15) is 45.4 Å². The molecule has 0 aliphatic carbocycles. The van der Waals surface area contributed by atoms with Crippen LogP contribution in [0.15, 0.2) is 0 Å². The van der Waals surface area contributed by atoms with Crippen LogP contribution in [0, 0.1) is 0 Å². The molecule has 3 unspecified atom stereocenters. The summed E-state index contributed by atoms with van der Waals surface area (Å²) in [6, 6.07) is 3.41. The van der Waals surface area contributed by atoms with Crippen LogP contribution in [0.4, 0.5) is 0 Å². The van der Waals surface area contributed by atoms with Crippen LogP contribution in [0.25, 0.3) is 0 Å². The molecule has 0 spiro atoms. The van der Waals surface area contributed by atoms with E-state index in [-0.39, 0.29) is 0 Å². The second-order valence-corrected chi connectivity index (χ2v) is 6.62. The fourth-order valence-electron chi connectivity index (χ4n) is 4.65. The Morgan fingerprint density at radius 3 is 2.39 bits per heavy atom. The van der Waals surface area contributed by atoms with E-state index in [4.69, 9.17) is 0 Å². The average Bonchev–Trinajstić information content (AvgIpc) is 2.62. The minimum Gasteiger partial charge on any atom is -0.314 e. The highest BCUT2D eigenvalue weighted by Crippen LogP contribution is 2.38. The molecular weight excluding hydrogens is 222 g/mol. The van der Waals surface area contributed by atoms with Crippen molar-refractivity contribution in [1.29, 1.82) is 0 Å². The molecule has 1 N–H and O–H groups in total. The first kappa shape index (κ1) is 12.9. The van der Waals surface area contributed by atoms with E-state index >= 15 is 0 Å². The van der Waals surface area contributed by atoms with Gasteiger partial charge in [-0.3, -0.25) is 4.90 Å². The van der Waals surface area contributed by atoms with E-state index in [1.807, 2.05) is 0 Å². The summed E-state index contributed by atoms with van der Waals surface area (Å²) < 4.78 is 0. The van der Waals surface area contributed by atoms with Gasteiger partial charge in [-0.05, 0) is 58.7 Å². The van der Waals surface area contributed by atoms with Gasteiger partial charge in [0.15, 0.2) is 0 Å². The Balaban J connectivity index is 1.64. The molecule has 3 aliphatic rings. The highest BCUT2D eigenvalue weighted by molar-refractivity contribution is 5.01. The molecule has 3 aliphatic heterocycles. The van der Waals surface area contributed by atoms with Crippen molar-refractivity contribution in [1.82, 2.24) is 15.1 Å². The summed E-state index contributed by atoms with van der Waals surface area (Å²) in [4.78, 5) is 5.45. The maximum absolute atomic E-state index is 3.68. The van der Waals surface area contributed by atoms with Crippen LogP contribution in [-0.2, 0) is 0 Å². The van der Waals surface area contributed by atoms with Gasteiger partial charge in [-0.1, -0.05) is 6.92 Å². The molecule has 3 atom stereocenters. The molecular formula is C15H29N3. The zero-order chi connectivity index (χ0) is 12.5. The van der Waals surface area contributed by atoms with E-state index in [0.717, 1.165) is 30.7 Å². The van der Waals surface area contributed by atoms with Crippen molar-refractivity contribution in [3.8, 4) is 0 Å². The van der Waals surface area contributed by atoms with Gasteiger partial charge in [-0.15, -0.1) is 0 Å². The Morgan fingerprint density at radius 2 is 1.78 bits per heavy atom. The summed E-state index contributed by atoms with van der Waals surface area (Å²) in [5.74, 6) is 0. The summed E-state index contributed by atoms with van der Waals surface area (Å²) in [7, 11) is 2.29. The minimum absolute atomic E-state index is 0.796. The monoisotopic (exact) mass is 251 g/mol. The van der Waals surface area contributed by atoms with E-state index < -0.39 is 0 Å². The van der Waals surface area contributed by atoms with E-state index in [1.165, 1.54) is 51.6 Å². The third-order valence-electron chi connectivity index (χ3n) is 5.30. The molecule has 3 heterocycles. The van der Waals surface area contributed by atoms with Crippen molar-refractivity contribution in [3.63, 3.8) is 0 Å². The highest BCUT2D eigenvalue weighted by atomic mass is 15.3. The lowest BCUT2D eigenvalue weighted by Gasteiger charge is -2.46. The number of fused-ring (bicyclic) bond motifs is 2. The molecule has 2 bridgehead atoms. The molecule has 3 nitrogen and oxygen atoms in total. The van der Waals surface area contributed by atoms with Gasteiger partial charge in [0.25, 0.3) is 0 Å². The number of rotatable bonds is 3. The van der Waals surface area contributed by atoms with Crippen molar-refractivity contribution in [3.05, 3.63) is 0 Å². The lowest BCUT2D eigenvalue weighted by Crippen LogP contribution is -2.56.